The lowest BCUT2D eigenvalue weighted by Gasteiger charge is -2.22. The Balaban J connectivity index is 2.33. The van der Waals surface area contributed by atoms with E-state index in [1.54, 1.807) is 0 Å². The zero-order chi connectivity index (χ0) is 18.0. The normalized spacial score (nSPS) is 12.2. The van der Waals surface area contributed by atoms with E-state index in [0.717, 1.165) is 12.1 Å². The minimum absolute atomic E-state index is 0.171. The molecule has 1 aromatic heterocycles. The average Bonchev–Trinajstić information content (AvgIpc) is 2.52. The molecule has 0 saturated heterocycles. The van der Waals surface area contributed by atoms with Gasteiger partial charge in [-0.15, -0.1) is 0 Å². The van der Waals surface area contributed by atoms with Crippen molar-refractivity contribution in [1.29, 1.82) is 0 Å². The lowest BCUT2D eigenvalue weighted by atomic mass is 10.2. The Bertz CT molecular complexity index is 811. The van der Waals surface area contributed by atoms with E-state index < -0.39 is 26.1 Å². The molecular formula is C14H13F4N3O2S. The van der Waals surface area contributed by atoms with Crippen molar-refractivity contribution in [1.82, 2.24) is 9.97 Å². The predicted molar refractivity (Wildman–Crippen MR) is 78.6 cm³/mol. The van der Waals surface area contributed by atoms with E-state index in [1.165, 1.54) is 30.5 Å². The lowest BCUT2D eigenvalue weighted by molar-refractivity contribution is -0.0435. The smallest absolute Gasteiger partial charge is 0.373 e. The number of hydrogen-bond donors (Lipinski definition) is 0. The van der Waals surface area contributed by atoms with Gasteiger partial charge >= 0.3 is 5.51 Å². The molecule has 0 amide bonds. The monoisotopic (exact) mass is 363 g/mol. The molecule has 2 aromatic rings. The van der Waals surface area contributed by atoms with Crippen LogP contribution in [0, 0.1) is 5.82 Å². The first-order valence-electron chi connectivity index (χ1n) is 6.70. The zero-order valence-electron chi connectivity index (χ0n) is 12.5. The molecule has 130 valence electrons. The highest BCUT2D eigenvalue weighted by atomic mass is 32.2. The van der Waals surface area contributed by atoms with Crippen molar-refractivity contribution in [2.45, 2.75) is 16.8 Å². The van der Waals surface area contributed by atoms with E-state index in [9.17, 15) is 26.0 Å². The van der Waals surface area contributed by atoms with Crippen LogP contribution in [0.4, 0.5) is 23.2 Å². The number of rotatable bonds is 5. The molecule has 2 rings (SSSR count). The van der Waals surface area contributed by atoms with Gasteiger partial charge in [-0.25, -0.2) is 12.8 Å². The molecule has 0 atom stereocenters. The molecule has 0 radical (unpaired) electrons. The van der Waals surface area contributed by atoms with Gasteiger partial charge in [0, 0.05) is 38.6 Å². The van der Waals surface area contributed by atoms with Crippen molar-refractivity contribution >= 4 is 15.5 Å². The predicted octanol–water partition coefficient (Wildman–Crippen LogP) is 2.59. The number of nitrogens with zero attached hydrogens (tertiary/aromatic N) is 3. The lowest BCUT2D eigenvalue weighted by Crippen LogP contribution is -2.28. The molecule has 24 heavy (non-hydrogen) atoms. The third-order valence-electron chi connectivity index (χ3n) is 3.25. The molecular weight excluding hydrogens is 350 g/mol. The Morgan fingerprint density at radius 1 is 1.21 bits per heavy atom. The van der Waals surface area contributed by atoms with Crippen molar-refractivity contribution < 1.29 is 26.0 Å². The highest BCUT2D eigenvalue weighted by molar-refractivity contribution is 7.92. The Kier molecular flexibility index (Phi) is 5.07. The van der Waals surface area contributed by atoms with Gasteiger partial charge in [0.05, 0.1) is 11.4 Å². The van der Waals surface area contributed by atoms with Gasteiger partial charge in [0.15, 0.2) is 0 Å². The summed E-state index contributed by atoms with van der Waals surface area (Å²) in [4.78, 5) is 8.07. The molecule has 0 aliphatic heterocycles. The summed E-state index contributed by atoms with van der Waals surface area (Å²) in [7, 11) is -4.25. The number of benzene rings is 1. The van der Waals surface area contributed by atoms with E-state index in [-0.39, 0.29) is 12.2 Å². The number of sulfone groups is 1. The first kappa shape index (κ1) is 18.1. The van der Waals surface area contributed by atoms with Crippen LogP contribution >= 0.6 is 0 Å². The van der Waals surface area contributed by atoms with Gasteiger partial charge in [-0.05, 0) is 18.2 Å². The summed E-state index contributed by atoms with van der Waals surface area (Å²) in [6, 6.07) is 2.28. The molecule has 1 heterocycles. The Morgan fingerprint density at radius 3 is 2.50 bits per heavy atom. The van der Waals surface area contributed by atoms with Gasteiger partial charge in [0.1, 0.15) is 10.7 Å². The minimum atomic E-state index is -5.67. The van der Waals surface area contributed by atoms with Crippen LogP contribution in [0.1, 0.15) is 5.69 Å². The third kappa shape index (κ3) is 3.81. The molecule has 10 heteroatoms. The van der Waals surface area contributed by atoms with Gasteiger partial charge < -0.3 is 4.90 Å². The van der Waals surface area contributed by atoms with Crippen LogP contribution in [-0.2, 0) is 16.3 Å². The molecule has 1 aromatic carbocycles. The number of hydrogen-bond acceptors (Lipinski definition) is 5. The van der Waals surface area contributed by atoms with E-state index in [0.29, 0.717) is 18.2 Å². The first-order chi connectivity index (χ1) is 11.1. The molecule has 0 aliphatic rings. The summed E-state index contributed by atoms with van der Waals surface area (Å²) in [5, 5.41) is 0. The van der Waals surface area contributed by atoms with Crippen LogP contribution < -0.4 is 4.90 Å². The van der Waals surface area contributed by atoms with Crippen molar-refractivity contribution in [3.8, 4) is 0 Å². The van der Waals surface area contributed by atoms with Crippen molar-refractivity contribution in [3.63, 3.8) is 0 Å². The number of aromatic nitrogens is 2. The molecule has 0 saturated carbocycles. The summed E-state index contributed by atoms with van der Waals surface area (Å²) in [6.07, 6.45) is 4.76. The second kappa shape index (κ2) is 6.71. The molecule has 5 nitrogen and oxygen atoms in total. The maximum Gasteiger partial charge on any atom is 0.501 e. The molecule has 0 aliphatic carbocycles. The number of halogens is 4. The van der Waals surface area contributed by atoms with E-state index in [2.05, 4.69) is 9.97 Å². The van der Waals surface area contributed by atoms with Crippen molar-refractivity contribution in [2.75, 3.05) is 18.5 Å². The van der Waals surface area contributed by atoms with Crippen LogP contribution in [0.25, 0.3) is 0 Å². The van der Waals surface area contributed by atoms with Gasteiger partial charge in [-0.1, -0.05) is 0 Å². The largest absolute Gasteiger partial charge is 0.501 e. The number of likely N-dealkylation sites (N-methyl/N-ethyl adjacent to an activating group) is 1. The number of alkyl halides is 3. The topological polar surface area (TPSA) is 63.2 Å². The highest BCUT2D eigenvalue weighted by Crippen LogP contribution is 2.36. The maximum atomic E-state index is 13.3. The summed E-state index contributed by atoms with van der Waals surface area (Å²) in [6.45, 7) is 0.171. The van der Waals surface area contributed by atoms with E-state index in [4.69, 9.17) is 0 Å². The molecule has 0 fully saturated rings. The second-order valence-corrected chi connectivity index (χ2v) is 6.84. The Labute approximate surface area is 135 Å². The fraction of sp³-hybridized carbons (Fsp3) is 0.286. The van der Waals surface area contributed by atoms with Crippen LogP contribution in [-0.4, -0.2) is 37.5 Å². The first-order valence-corrected chi connectivity index (χ1v) is 8.18. The summed E-state index contributed by atoms with van der Waals surface area (Å²) in [5.74, 6) is -1.07. The van der Waals surface area contributed by atoms with Crippen molar-refractivity contribution in [2.24, 2.45) is 0 Å². The highest BCUT2D eigenvalue weighted by Gasteiger charge is 2.48. The van der Waals surface area contributed by atoms with E-state index >= 15 is 0 Å². The molecule has 0 unspecified atom stereocenters. The molecule has 0 bridgehead atoms. The third-order valence-corrected chi connectivity index (χ3v) is 4.76. The Hall–Kier alpha value is -2.23. The zero-order valence-corrected chi connectivity index (χ0v) is 13.3. The SMILES string of the molecule is CN(CCc1cnccn1)c1ccc(F)cc1S(=O)(=O)C(F)(F)F. The fourth-order valence-corrected chi connectivity index (χ4v) is 3.02. The second-order valence-electron chi connectivity index (χ2n) is 4.93. The summed E-state index contributed by atoms with van der Waals surface area (Å²) >= 11 is 0. The maximum absolute atomic E-state index is 13.3. The summed E-state index contributed by atoms with van der Waals surface area (Å²) < 4.78 is 75.0. The van der Waals surface area contributed by atoms with Crippen LogP contribution in [0.15, 0.2) is 41.7 Å². The van der Waals surface area contributed by atoms with Crippen LogP contribution in [0.5, 0.6) is 0 Å². The Morgan fingerprint density at radius 2 is 1.92 bits per heavy atom. The van der Waals surface area contributed by atoms with Crippen molar-refractivity contribution in [3.05, 3.63) is 48.3 Å². The van der Waals surface area contributed by atoms with Gasteiger partial charge in [-0.3, -0.25) is 9.97 Å². The van der Waals surface area contributed by atoms with Gasteiger partial charge in [0.25, 0.3) is 9.84 Å². The molecule has 0 spiro atoms. The number of anilines is 1. The van der Waals surface area contributed by atoms with Crippen LogP contribution in [0.2, 0.25) is 0 Å². The van der Waals surface area contributed by atoms with Gasteiger partial charge in [-0.2, -0.15) is 13.2 Å². The standard InChI is InChI=1S/C14H13F4N3O2S/c1-21(7-4-11-9-19-5-6-20-11)12-3-2-10(15)8-13(12)24(22,23)14(16,17)18/h2-3,5-6,8-9H,4,7H2,1H3. The average molecular weight is 363 g/mol. The van der Waals surface area contributed by atoms with E-state index in [1.807, 2.05) is 0 Å². The van der Waals surface area contributed by atoms with Gasteiger partial charge in [0.2, 0.25) is 0 Å². The fourth-order valence-electron chi connectivity index (χ4n) is 2.01. The molecule has 0 N–H and O–H groups in total. The summed E-state index contributed by atoms with van der Waals surface area (Å²) in [5.41, 5.74) is -5.16. The van der Waals surface area contributed by atoms with Crippen LogP contribution in [0.3, 0.4) is 0 Å². The minimum Gasteiger partial charge on any atom is -0.373 e. The quantitative estimate of drug-likeness (QED) is 0.764.